The molecule has 13 heavy (non-hydrogen) atoms. The lowest BCUT2D eigenvalue weighted by Crippen LogP contribution is -2.44. The van der Waals surface area contributed by atoms with Crippen LogP contribution in [-0.2, 0) is 14.1 Å². The summed E-state index contributed by atoms with van der Waals surface area (Å²) < 4.78 is 15.4. The molecule has 0 aromatic rings. The molecule has 1 atom stereocenters. The van der Waals surface area contributed by atoms with E-state index in [1.807, 2.05) is 0 Å². The van der Waals surface area contributed by atoms with Gasteiger partial charge in [0.2, 0.25) is 0 Å². The summed E-state index contributed by atoms with van der Waals surface area (Å²) in [5.41, 5.74) is 0. The highest BCUT2D eigenvalue weighted by Gasteiger charge is 2.28. The predicted molar refractivity (Wildman–Crippen MR) is 44.0 cm³/mol. The Labute approximate surface area is 75.6 Å². The van der Waals surface area contributed by atoms with E-state index in [0.29, 0.717) is 6.54 Å². The normalized spacial score (nSPS) is 25.8. The molecule has 0 bridgehead atoms. The van der Waals surface area contributed by atoms with Gasteiger partial charge in [0, 0.05) is 6.54 Å². The molecule has 1 aliphatic heterocycles. The molecule has 0 amide bonds. The maximum Gasteiger partial charge on any atom is 0.339 e. The van der Waals surface area contributed by atoms with Gasteiger partial charge in [0.25, 0.3) is 0 Å². The SMILES string of the molecule is CC1CN(CP(=O)(O)O)CC(=O)O1. The molecule has 1 aliphatic rings. The third kappa shape index (κ3) is 3.87. The zero-order valence-electron chi connectivity index (χ0n) is 7.21. The van der Waals surface area contributed by atoms with Gasteiger partial charge in [-0.05, 0) is 6.92 Å². The average molecular weight is 209 g/mol. The van der Waals surface area contributed by atoms with Crippen LogP contribution in [0.1, 0.15) is 6.92 Å². The van der Waals surface area contributed by atoms with Gasteiger partial charge in [-0.15, -0.1) is 0 Å². The van der Waals surface area contributed by atoms with Crippen molar-refractivity contribution < 1.29 is 23.9 Å². The molecular weight excluding hydrogens is 197 g/mol. The molecule has 1 saturated heterocycles. The van der Waals surface area contributed by atoms with Crippen LogP contribution in [0.25, 0.3) is 0 Å². The summed E-state index contributed by atoms with van der Waals surface area (Å²) in [5.74, 6) is -0.438. The molecule has 0 radical (unpaired) electrons. The summed E-state index contributed by atoms with van der Waals surface area (Å²) in [6.45, 7) is 2.01. The second-order valence-corrected chi connectivity index (χ2v) is 4.73. The Morgan fingerprint density at radius 1 is 1.69 bits per heavy atom. The first-order valence-corrected chi connectivity index (χ1v) is 5.63. The van der Waals surface area contributed by atoms with Crippen LogP contribution < -0.4 is 0 Å². The highest BCUT2D eigenvalue weighted by Crippen LogP contribution is 2.35. The van der Waals surface area contributed by atoms with Gasteiger partial charge in [0.15, 0.2) is 0 Å². The third-order valence-electron chi connectivity index (χ3n) is 1.58. The van der Waals surface area contributed by atoms with Gasteiger partial charge >= 0.3 is 13.6 Å². The Balaban J connectivity index is 2.51. The van der Waals surface area contributed by atoms with Crippen LogP contribution in [0.5, 0.6) is 0 Å². The fourth-order valence-electron chi connectivity index (χ4n) is 1.28. The highest BCUT2D eigenvalue weighted by molar-refractivity contribution is 7.51. The maximum absolute atomic E-state index is 10.9. The number of esters is 1. The Morgan fingerprint density at radius 3 is 2.77 bits per heavy atom. The summed E-state index contributed by atoms with van der Waals surface area (Å²) in [6.07, 6.45) is -0.681. The van der Waals surface area contributed by atoms with Crippen molar-refractivity contribution in [2.45, 2.75) is 13.0 Å². The zero-order valence-corrected chi connectivity index (χ0v) is 8.11. The number of rotatable bonds is 2. The Bertz CT molecular complexity index is 249. The van der Waals surface area contributed by atoms with Crippen LogP contribution in [0.4, 0.5) is 0 Å². The minimum absolute atomic E-state index is 0.0462. The minimum Gasteiger partial charge on any atom is -0.460 e. The first-order valence-electron chi connectivity index (χ1n) is 3.83. The van der Waals surface area contributed by atoms with E-state index >= 15 is 0 Å². The van der Waals surface area contributed by atoms with Crippen LogP contribution in [0, 0.1) is 0 Å². The third-order valence-corrected chi connectivity index (χ3v) is 2.35. The smallest absolute Gasteiger partial charge is 0.339 e. The van der Waals surface area contributed by atoms with Gasteiger partial charge in [0.05, 0.1) is 6.54 Å². The van der Waals surface area contributed by atoms with Crippen molar-refractivity contribution in [2.75, 3.05) is 19.4 Å². The van der Waals surface area contributed by atoms with Gasteiger partial charge in [-0.1, -0.05) is 0 Å². The minimum atomic E-state index is -4.07. The van der Waals surface area contributed by atoms with Gasteiger partial charge in [-0.3, -0.25) is 14.3 Å². The van der Waals surface area contributed by atoms with E-state index in [-0.39, 0.29) is 18.9 Å². The lowest BCUT2D eigenvalue weighted by Gasteiger charge is -2.29. The number of ether oxygens (including phenoxy) is 1. The monoisotopic (exact) mass is 209 g/mol. The number of hydrogen-bond donors (Lipinski definition) is 2. The highest BCUT2D eigenvalue weighted by atomic mass is 31.2. The standard InChI is InChI=1S/C6H12NO5P/c1-5-2-7(3-6(8)12-5)4-13(9,10)11/h5H,2-4H2,1H3,(H2,9,10,11). The fraction of sp³-hybridized carbons (Fsp3) is 0.833. The molecule has 2 N–H and O–H groups in total. The lowest BCUT2D eigenvalue weighted by atomic mass is 10.3. The molecule has 7 heteroatoms. The maximum atomic E-state index is 10.9. The number of carbonyl (C=O) groups is 1. The molecule has 0 aliphatic carbocycles. The van der Waals surface area contributed by atoms with Crippen LogP contribution in [0.15, 0.2) is 0 Å². The van der Waals surface area contributed by atoms with E-state index in [2.05, 4.69) is 0 Å². The summed E-state index contributed by atoms with van der Waals surface area (Å²) in [4.78, 5) is 29.6. The van der Waals surface area contributed by atoms with E-state index < -0.39 is 13.6 Å². The Hall–Kier alpha value is -0.420. The van der Waals surface area contributed by atoms with E-state index in [0.717, 1.165) is 0 Å². The molecule has 1 fully saturated rings. The van der Waals surface area contributed by atoms with Crippen molar-refractivity contribution >= 4 is 13.6 Å². The van der Waals surface area contributed by atoms with Crippen molar-refractivity contribution in [3.8, 4) is 0 Å². The summed E-state index contributed by atoms with van der Waals surface area (Å²) in [6, 6.07) is 0. The van der Waals surface area contributed by atoms with Gasteiger partial charge in [-0.25, -0.2) is 0 Å². The number of cyclic esters (lactones) is 1. The molecule has 76 valence electrons. The number of hydrogen-bond acceptors (Lipinski definition) is 4. The Morgan fingerprint density at radius 2 is 2.31 bits per heavy atom. The van der Waals surface area contributed by atoms with Crippen molar-refractivity contribution in [1.29, 1.82) is 0 Å². The second-order valence-electron chi connectivity index (χ2n) is 3.12. The summed E-state index contributed by atoms with van der Waals surface area (Å²) in [5, 5.41) is 0. The average Bonchev–Trinajstić information content (AvgIpc) is 1.78. The van der Waals surface area contributed by atoms with Crippen LogP contribution in [0.2, 0.25) is 0 Å². The van der Waals surface area contributed by atoms with E-state index in [4.69, 9.17) is 14.5 Å². The number of carbonyl (C=O) groups excluding carboxylic acids is 1. The topological polar surface area (TPSA) is 87.1 Å². The van der Waals surface area contributed by atoms with E-state index in [9.17, 15) is 9.36 Å². The fourth-order valence-corrected chi connectivity index (χ4v) is 2.01. The van der Waals surface area contributed by atoms with Gasteiger partial charge < -0.3 is 14.5 Å². The molecular formula is C6H12NO5P. The predicted octanol–water partition coefficient (Wildman–Crippen LogP) is -0.631. The van der Waals surface area contributed by atoms with Crippen LogP contribution >= 0.6 is 7.60 Å². The first kappa shape index (κ1) is 10.7. The lowest BCUT2D eigenvalue weighted by molar-refractivity contribution is -0.156. The summed E-state index contributed by atoms with van der Waals surface area (Å²) in [7, 11) is -4.07. The second kappa shape index (κ2) is 3.75. The molecule has 0 saturated carbocycles. The van der Waals surface area contributed by atoms with Gasteiger partial charge in [-0.2, -0.15) is 0 Å². The molecule has 0 aromatic heterocycles. The first-order chi connectivity index (χ1) is 5.87. The van der Waals surface area contributed by atoms with Crippen LogP contribution in [0.3, 0.4) is 0 Å². The largest absolute Gasteiger partial charge is 0.460 e. The number of nitrogens with zero attached hydrogens (tertiary/aromatic N) is 1. The molecule has 1 rings (SSSR count). The van der Waals surface area contributed by atoms with Crippen molar-refractivity contribution in [2.24, 2.45) is 0 Å². The molecule has 0 spiro atoms. The molecule has 1 unspecified atom stereocenters. The van der Waals surface area contributed by atoms with E-state index in [1.165, 1.54) is 4.90 Å². The quantitative estimate of drug-likeness (QED) is 0.465. The zero-order chi connectivity index (χ0) is 10.1. The molecule has 0 aromatic carbocycles. The molecule has 1 heterocycles. The molecule has 6 nitrogen and oxygen atoms in total. The van der Waals surface area contributed by atoms with Gasteiger partial charge in [0.1, 0.15) is 12.4 Å². The van der Waals surface area contributed by atoms with Crippen molar-refractivity contribution in [1.82, 2.24) is 4.90 Å². The number of morpholine rings is 1. The van der Waals surface area contributed by atoms with E-state index in [1.54, 1.807) is 6.92 Å². The van der Waals surface area contributed by atoms with Crippen LogP contribution in [-0.4, -0.2) is 46.1 Å². The summed E-state index contributed by atoms with van der Waals surface area (Å²) >= 11 is 0. The van der Waals surface area contributed by atoms with Crippen molar-refractivity contribution in [3.63, 3.8) is 0 Å². The Kier molecular flexibility index (Phi) is 3.08. The van der Waals surface area contributed by atoms with Crippen molar-refractivity contribution in [3.05, 3.63) is 0 Å².